The number of carbonyl (C=O) groups is 1. The van der Waals surface area contributed by atoms with Crippen LogP contribution in [0.2, 0.25) is 0 Å². The Morgan fingerprint density at radius 1 is 0.431 bits per heavy atom. The fourth-order valence-electron chi connectivity index (χ4n) is 10.9. The highest BCUT2D eigenvalue weighted by Gasteiger charge is 2.45. The number of cyclic esters (lactones) is 1. The van der Waals surface area contributed by atoms with Crippen molar-refractivity contribution in [2.75, 3.05) is 6.61 Å². The van der Waals surface area contributed by atoms with Crippen molar-refractivity contribution in [3.8, 4) is 0 Å². The van der Waals surface area contributed by atoms with E-state index in [1.165, 1.54) is 257 Å². The van der Waals surface area contributed by atoms with E-state index in [2.05, 4.69) is 6.92 Å². The first-order valence-electron chi connectivity index (χ1n) is 24.4. The van der Waals surface area contributed by atoms with Crippen LogP contribution in [0.25, 0.3) is 0 Å². The SMILES string of the molecule is CCCCCCCCCC1CCCCCCCCCC23CCCCCCCCCOC(=O)C1(CCCCCCCCC2)CCCCCCCCC3. The molecule has 0 spiro atoms. The van der Waals surface area contributed by atoms with E-state index in [0.717, 1.165) is 19.3 Å². The molecule has 3 aliphatic carbocycles. The Labute approximate surface area is 321 Å². The van der Waals surface area contributed by atoms with Gasteiger partial charge >= 0.3 is 5.97 Å². The average molecular weight is 713 g/mol. The van der Waals surface area contributed by atoms with Crippen molar-refractivity contribution in [3.05, 3.63) is 0 Å². The van der Waals surface area contributed by atoms with E-state index in [-0.39, 0.29) is 11.4 Å². The molecule has 0 amide bonds. The second kappa shape index (κ2) is 29.8. The van der Waals surface area contributed by atoms with Crippen LogP contribution in [0.3, 0.4) is 0 Å². The van der Waals surface area contributed by atoms with Crippen molar-refractivity contribution in [1.82, 2.24) is 0 Å². The Balaban J connectivity index is 1.91. The largest absolute Gasteiger partial charge is 0.465 e. The van der Waals surface area contributed by atoms with E-state index >= 15 is 0 Å². The number of carbonyl (C=O) groups excluding carboxylic acids is 1. The van der Waals surface area contributed by atoms with Gasteiger partial charge in [0, 0.05) is 0 Å². The molecule has 4 rings (SSSR count). The standard InChI is InChI=1S/C49H92O2/c1-2-3-4-5-10-19-28-37-46-38-29-20-11-6-12-21-30-39-48-40-31-22-13-7-16-25-34-43-49(46,44-35-26-17-8-14-23-32-41-48)47(50)51-45-36-27-18-9-15-24-33-42-48/h46H,2-45H2,1H3. The van der Waals surface area contributed by atoms with Gasteiger partial charge in [-0.3, -0.25) is 4.79 Å². The molecule has 1 saturated heterocycles. The van der Waals surface area contributed by atoms with Crippen LogP contribution < -0.4 is 0 Å². The molecule has 0 aromatic heterocycles. The lowest BCUT2D eigenvalue weighted by Gasteiger charge is -2.40. The highest BCUT2D eigenvalue weighted by atomic mass is 16.5. The molecule has 0 aromatic rings. The van der Waals surface area contributed by atoms with Gasteiger partial charge in [0.1, 0.15) is 0 Å². The van der Waals surface area contributed by atoms with Crippen molar-refractivity contribution in [3.63, 3.8) is 0 Å². The first-order chi connectivity index (χ1) is 25.2. The molecule has 3 saturated carbocycles. The third-order valence-corrected chi connectivity index (χ3v) is 14.3. The van der Waals surface area contributed by atoms with Gasteiger partial charge in [-0.15, -0.1) is 0 Å². The van der Waals surface area contributed by atoms with Crippen LogP contribution in [0.5, 0.6) is 0 Å². The summed E-state index contributed by atoms with van der Waals surface area (Å²) in [5.74, 6) is 0.750. The highest BCUT2D eigenvalue weighted by Crippen LogP contribution is 2.46. The zero-order valence-corrected chi connectivity index (χ0v) is 35.0. The third kappa shape index (κ3) is 19.6. The molecule has 2 heteroatoms. The van der Waals surface area contributed by atoms with Crippen LogP contribution in [0.4, 0.5) is 0 Å². The Hall–Kier alpha value is -0.530. The molecule has 1 atom stereocenters. The molecule has 2 bridgehead atoms. The van der Waals surface area contributed by atoms with E-state index < -0.39 is 0 Å². The van der Waals surface area contributed by atoms with Crippen molar-refractivity contribution in [2.24, 2.45) is 16.7 Å². The molecule has 0 radical (unpaired) electrons. The summed E-state index contributed by atoms with van der Waals surface area (Å²) in [6.07, 6.45) is 58.7. The molecule has 1 unspecified atom stereocenters. The van der Waals surface area contributed by atoms with Gasteiger partial charge in [0.05, 0.1) is 12.0 Å². The summed E-state index contributed by atoms with van der Waals surface area (Å²) in [6.45, 7) is 2.98. The second-order valence-electron chi connectivity index (χ2n) is 18.6. The number of rotatable bonds is 8. The van der Waals surface area contributed by atoms with Crippen molar-refractivity contribution in [2.45, 2.75) is 283 Å². The van der Waals surface area contributed by atoms with Crippen LogP contribution >= 0.6 is 0 Å². The van der Waals surface area contributed by atoms with Crippen molar-refractivity contribution >= 4 is 5.97 Å². The highest BCUT2D eigenvalue weighted by molar-refractivity contribution is 5.77. The molecule has 4 fully saturated rings. The number of hydrogen-bond donors (Lipinski definition) is 0. The summed E-state index contributed by atoms with van der Waals surface area (Å²) in [7, 11) is 0. The van der Waals surface area contributed by atoms with Crippen molar-refractivity contribution in [1.29, 1.82) is 0 Å². The zero-order valence-electron chi connectivity index (χ0n) is 35.0. The summed E-state index contributed by atoms with van der Waals surface area (Å²) < 4.78 is 6.48. The van der Waals surface area contributed by atoms with Crippen LogP contribution in [-0.4, -0.2) is 12.6 Å². The van der Waals surface area contributed by atoms with Gasteiger partial charge in [-0.25, -0.2) is 0 Å². The fourth-order valence-corrected chi connectivity index (χ4v) is 10.9. The first-order valence-corrected chi connectivity index (χ1v) is 24.4. The number of unbranched alkanes of at least 4 members (excludes halogenated alkanes) is 6. The summed E-state index contributed by atoms with van der Waals surface area (Å²) in [5, 5.41) is 0. The Bertz CT molecular complexity index is 780. The van der Waals surface area contributed by atoms with Gasteiger partial charge in [0.2, 0.25) is 0 Å². The Morgan fingerprint density at radius 2 is 0.784 bits per heavy atom. The molecule has 1 aliphatic heterocycles. The number of hydrogen-bond acceptors (Lipinski definition) is 2. The lowest BCUT2D eigenvalue weighted by Crippen LogP contribution is -2.41. The van der Waals surface area contributed by atoms with Crippen LogP contribution in [0.15, 0.2) is 0 Å². The molecular formula is C49H92O2. The van der Waals surface area contributed by atoms with E-state index in [1.54, 1.807) is 0 Å². The lowest BCUT2D eigenvalue weighted by atomic mass is 9.65. The van der Waals surface area contributed by atoms with Crippen LogP contribution in [0, 0.1) is 16.7 Å². The maximum Gasteiger partial charge on any atom is 0.312 e. The first kappa shape index (κ1) is 44.9. The quantitative estimate of drug-likeness (QED) is 0.185. The smallest absolute Gasteiger partial charge is 0.312 e. The lowest BCUT2D eigenvalue weighted by molar-refractivity contribution is -0.162. The van der Waals surface area contributed by atoms with E-state index in [4.69, 9.17) is 4.74 Å². The minimum absolute atomic E-state index is 0.238. The Kier molecular flexibility index (Phi) is 26.2. The van der Waals surface area contributed by atoms with Crippen LogP contribution in [0.1, 0.15) is 283 Å². The predicted octanol–water partition coefficient (Wildman–Crippen LogP) is 17.0. The second-order valence-corrected chi connectivity index (χ2v) is 18.6. The molecule has 4 aliphatic rings. The minimum Gasteiger partial charge on any atom is -0.465 e. The van der Waals surface area contributed by atoms with Gasteiger partial charge < -0.3 is 4.74 Å². The molecule has 300 valence electrons. The molecular weight excluding hydrogens is 621 g/mol. The van der Waals surface area contributed by atoms with E-state index in [0.29, 0.717) is 17.9 Å². The van der Waals surface area contributed by atoms with Crippen molar-refractivity contribution < 1.29 is 9.53 Å². The zero-order chi connectivity index (χ0) is 36.0. The normalized spacial score (nSPS) is 29.6. The van der Waals surface area contributed by atoms with Crippen LogP contribution in [-0.2, 0) is 9.53 Å². The predicted molar refractivity (Wildman–Crippen MR) is 224 cm³/mol. The topological polar surface area (TPSA) is 26.3 Å². The van der Waals surface area contributed by atoms with Gasteiger partial charge in [-0.2, -0.15) is 0 Å². The summed E-state index contributed by atoms with van der Waals surface area (Å²) in [6, 6.07) is 0. The average Bonchev–Trinajstić information content (AvgIpc) is 3.13. The molecule has 0 N–H and O–H groups in total. The summed E-state index contributed by atoms with van der Waals surface area (Å²) in [5.41, 5.74) is 0.385. The van der Waals surface area contributed by atoms with Gasteiger partial charge in [0.25, 0.3) is 0 Å². The molecule has 2 nitrogen and oxygen atoms in total. The maximum atomic E-state index is 14.7. The van der Waals surface area contributed by atoms with Gasteiger partial charge in [-0.05, 0) is 69.1 Å². The fraction of sp³-hybridized carbons (Fsp3) is 0.980. The summed E-state index contributed by atoms with van der Waals surface area (Å²) in [4.78, 5) is 14.7. The van der Waals surface area contributed by atoms with Gasteiger partial charge in [-0.1, -0.05) is 225 Å². The monoisotopic (exact) mass is 713 g/mol. The van der Waals surface area contributed by atoms with Gasteiger partial charge in [0.15, 0.2) is 0 Å². The number of esters is 1. The van der Waals surface area contributed by atoms with E-state index in [9.17, 15) is 4.79 Å². The molecule has 0 aromatic carbocycles. The van der Waals surface area contributed by atoms with E-state index in [1.807, 2.05) is 0 Å². The number of ether oxygens (including phenoxy) is 1. The maximum absolute atomic E-state index is 14.7. The molecule has 1 heterocycles. The minimum atomic E-state index is -0.248. The Morgan fingerprint density at radius 3 is 1.24 bits per heavy atom. The number of fused-ring (bicyclic) bond motifs is 17. The molecule has 51 heavy (non-hydrogen) atoms. The third-order valence-electron chi connectivity index (χ3n) is 14.3. The summed E-state index contributed by atoms with van der Waals surface area (Å²) >= 11 is 0.